The zero-order valence-corrected chi connectivity index (χ0v) is 21.9. The molecule has 0 saturated heterocycles. The third-order valence-electron chi connectivity index (χ3n) is 7.60. The quantitative estimate of drug-likeness (QED) is 0.231. The predicted octanol–water partition coefficient (Wildman–Crippen LogP) is 9.04. The topological polar surface area (TPSA) is 60.2 Å². The lowest BCUT2D eigenvalue weighted by molar-refractivity contribution is 0.461. The summed E-state index contributed by atoms with van der Waals surface area (Å²) in [6.07, 6.45) is 1.85. The Kier molecular flexibility index (Phi) is 5.22. The Morgan fingerprint density at radius 2 is 1.37 bits per heavy atom. The Bertz CT molecular complexity index is 2250. The molecular weight excluding hydrogens is 506 g/mol. The zero-order chi connectivity index (χ0) is 27.3. The molecule has 8 aromatic rings. The molecule has 0 aliphatic heterocycles. The van der Waals surface area contributed by atoms with Gasteiger partial charge in [0.15, 0.2) is 0 Å². The van der Waals surface area contributed by atoms with Gasteiger partial charge in [-0.05, 0) is 59.0 Å². The molecule has 0 radical (unpaired) electrons. The lowest BCUT2D eigenvalue weighted by Gasteiger charge is -2.11. The van der Waals surface area contributed by atoms with Crippen LogP contribution >= 0.6 is 0 Å². The van der Waals surface area contributed by atoms with Gasteiger partial charge in [0.2, 0.25) is 5.88 Å². The van der Waals surface area contributed by atoms with Crippen molar-refractivity contribution < 1.29 is 9.84 Å². The van der Waals surface area contributed by atoms with Gasteiger partial charge in [-0.2, -0.15) is 0 Å². The molecule has 8 rings (SSSR count). The summed E-state index contributed by atoms with van der Waals surface area (Å²) in [5, 5.41) is 15.8. The zero-order valence-electron chi connectivity index (χ0n) is 21.9. The van der Waals surface area contributed by atoms with Crippen molar-refractivity contribution in [1.82, 2.24) is 14.5 Å². The summed E-state index contributed by atoms with van der Waals surface area (Å²) in [6, 6.07) is 42.4. The fraction of sp³-hybridized carbons (Fsp3) is 0. The highest BCUT2D eigenvalue weighted by Crippen LogP contribution is 2.37. The second-order valence-corrected chi connectivity index (χ2v) is 10.1. The summed E-state index contributed by atoms with van der Waals surface area (Å²) >= 11 is 0. The number of aromatic nitrogens is 3. The number of ether oxygens (including phenoxy) is 1. The van der Waals surface area contributed by atoms with Gasteiger partial charge in [0, 0.05) is 39.9 Å². The first-order valence-corrected chi connectivity index (χ1v) is 13.5. The summed E-state index contributed by atoms with van der Waals surface area (Å²) in [4.78, 5) is 9.45. The highest BCUT2D eigenvalue weighted by molar-refractivity contribution is 6.09. The van der Waals surface area contributed by atoms with Crippen LogP contribution in [0.5, 0.6) is 17.4 Å². The molecule has 5 aromatic carbocycles. The number of hydrogen-bond acceptors (Lipinski definition) is 4. The van der Waals surface area contributed by atoms with Gasteiger partial charge in [-0.25, -0.2) is 9.97 Å². The highest BCUT2D eigenvalue weighted by Gasteiger charge is 2.15. The van der Waals surface area contributed by atoms with E-state index in [9.17, 15) is 5.11 Å². The minimum absolute atomic E-state index is 0.156. The largest absolute Gasteiger partial charge is 0.505 e. The van der Waals surface area contributed by atoms with Crippen LogP contribution in [0.15, 0.2) is 134 Å². The normalized spacial score (nSPS) is 11.5. The third kappa shape index (κ3) is 3.86. The minimum Gasteiger partial charge on any atom is -0.505 e. The molecule has 5 nitrogen and oxygen atoms in total. The number of phenolic OH excluding ortho intramolecular Hbond substituents is 1. The molecule has 194 valence electrons. The maximum atomic E-state index is 11.0. The first-order chi connectivity index (χ1) is 20.2. The number of para-hydroxylation sites is 1. The van der Waals surface area contributed by atoms with E-state index in [1.807, 2.05) is 91.1 Å². The van der Waals surface area contributed by atoms with Gasteiger partial charge in [0.1, 0.15) is 22.8 Å². The van der Waals surface area contributed by atoms with Crippen LogP contribution in [-0.2, 0) is 0 Å². The summed E-state index contributed by atoms with van der Waals surface area (Å²) < 4.78 is 8.46. The molecule has 41 heavy (non-hydrogen) atoms. The van der Waals surface area contributed by atoms with Gasteiger partial charge >= 0.3 is 0 Å². The third-order valence-corrected chi connectivity index (χ3v) is 7.60. The van der Waals surface area contributed by atoms with Gasteiger partial charge in [0.05, 0.1) is 11.0 Å². The van der Waals surface area contributed by atoms with Crippen molar-refractivity contribution in [1.29, 1.82) is 0 Å². The molecule has 0 saturated carbocycles. The number of phenols is 1. The fourth-order valence-corrected chi connectivity index (χ4v) is 5.68. The van der Waals surface area contributed by atoms with Crippen molar-refractivity contribution in [3.05, 3.63) is 134 Å². The fourth-order valence-electron chi connectivity index (χ4n) is 5.68. The lowest BCUT2D eigenvalue weighted by Crippen LogP contribution is -1.98. The number of nitrogens with zero attached hydrogens (tertiary/aromatic N) is 3. The average molecular weight is 530 g/mol. The van der Waals surface area contributed by atoms with Crippen molar-refractivity contribution in [2.45, 2.75) is 0 Å². The van der Waals surface area contributed by atoms with E-state index in [4.69, 9.17) is 9.72 Å². The molecule has 0 atom stereocenters. The predicted molar refractivity (Wildman–Crippen MR) is 165 cm³/mol. The molecule has 0 amide bonds. The molecule has 0 bridgehead atoms. The van der Waals surface area contributed by atoms with Gasteiger partial charge in [-0.1, -0.05) is 72.8 Å². The van der Waals surface area contributed by atoms with Gasteiger partial charge in [-0.15, -0.1) is 0 Å². The van der Waals surface area contributed by atoms with Crippen molar-refractivity contribution >= 4 is 43.5 Å². The van der Waals surface area contributed by atoms with Crippen LogP contribution in [0.4, 0.5) is 0 Å². The SMILES string of the molecule is Oc1c2ccccc2cc2ccc(Oc3ccc4c5ccccc5n(-c5cc(-c6ccccc6)ccn5)c4c3)nc12. The van der Waals surface area contributed by atoms with E-state index in [2.05, 4.69) is 52.0 Å². The molecule has 5 heteroatoms. The van der Waals surface area contributed by atoms with Crippen LogP contribution in [0, 0.1) is 0 Å². The Morgan fingerprint density at radius 3 is 2.27 bits per heavy atom. The van der Waals surface area contributed by atoms with Crippen LogP contribution in [0.1, 0.15) is 0 Å². The van der Waals surface area contributed by atoms with Gasteiger partial charge in [-0.3, -0.25) is 4.57 Å². The van der Waals surface area contributed by atoms with Crippen molar-refractivity contribution in [3.8, 4) is 34.3 Å². The molecule has 0 unspecified atom stereocenters. The number of rotatable bonds is 4. The number of benzene rings is 5. The van der Waals surface area contributed by atoms with Crippen molar-refractivity contribution in [2.75, 3.05) is 0 Å². The maximum absolute atomic E-state index is 11.0. The molecular formula is C36H23N3O2. The standard InChI is InChI=1S/C36H23N3O2/c40-36-28-11-5-4-10-25(28)20-26-14-17-34(38-35(26)36)41-27-15-16-30-29-12-6-7-13-31(29)39(32(30)22-27)33-21-24(18-19-37-33)23-8-2-1-3-9-23/h1-22,40H. The monoisotopic (exact) mass is 529 g/mol. The second kappa shape index (κ2) is 9.21. The van der Waals surface area contributed by atoms with E-state index >= 15 is 0 Å². The average Bonchev–Trinajstić information content (AvgIpc) is 3.36. The maximum Gasteiger partial charge on any atom is 0.219 e. The molecule has 3 heterocycles. The van der Waals surface area contributed by atoms with E-state index in [0.29, 0.717) is 17.1 Å². The minimum atomic E-state index is 0.156. The van der Waals surface area contributed by atoms with E-state index in [0.717, 1.165) is 54.9 Å². The van der Waals surface area contributed by atoms with Gasteiger partial charge < -0.3 is 9.84 Å². The molecule has 0 aliphatic carbocycles. The summed E-state index contributed by atoms with van der Waals surface area (Å²) in [5.74, 6) is 2.04. The summed E-state index contributed by atoms with van der Waals surface area (Å²) in [5.41, 5.74) is 4.80. The molecule has 0 spiro atoms. The van der Waals surface area contributed by atoms with Gasteiger partial charge in [0.25, 0.3) is 0 Å². The number of hydrogen-bond donors (Lipinski definition) is 1. The van der Waals surface area contributed by atoms with E-state index in [-0.39, 0.29) is 5.75 Å². The summed E-state index contributed by atoms with van der Waals surface area (Å²) in [6.45, 7) is 0. The smallest absolute Gasteiger partial charge is 0.219 e. The number of aromatic hydroxyl groups is 1. The van der Waals surface area contributed by atoms with Crippen LogP contribution in [0.3, 0.4) is 0 Å². The first kappa shape index (κ1) is 23.2. The van der Waals surface area contributed by atoms with Crippen molar-refractivity contribution in [3.63, 3.8) is 0 Å². The first-order valence-electron chi connectivity index (χ1n) is 13.5. The highest BCUT2D eigenvalue weighted by atomic mass is 16.5. The van der Waals surface area contributed by atoms with Crippen molar-refractivity contribution in [2.24, 2.45) is 0 Å². The van der Waals surface area contributed by atoms with E-state index in [1.165, 1.54) is 0 Å². The van der Waals surface area contributed by atoms with E-state index < -0.39 is 0 Å². The molecule has 1 N–H and O–H groups in total. The van der Waals surface area contributed by atoms with Crippen LogP contribution in [-0.4, -0.2) is 19.6 Å². The van der Waals surface area contributed by atoms with Crippen LogP contribution < -0.4 is 4.74 Å². The molecule has 0 fully saturated rings. The number of pyridine rings is 2. The van der Waals surface area contributed by atoms with Crippen LogP contribution in [0.25, 0.3) is 60.4 Å². The van der Waals surface area contributed by atoms with E-state index in [1.54, 1.807) is 0 Å². The summed E-state index contributed by atoms with van der Waals surface area (Å²) in [7, 11) is 0. The number of fused-ring (bicyclic) bond motifs is 5. The Balaban J connectivity index is 1.26. The Morgan fingerprint density at radius 1 is 0.585 bits per heavy atom. The Hall–Kier alpha value is -5.68. The lowest BCUT2D eigenvalue weighted by atomic mass is 10.1. The molecule has 3 aromatic heterocycles. The second-order valence-electron chi connectivity index (χ2n) is 10.1. The molecule has 0 aliphatic rings. The van der Waals surface area contributed by atoms with Crippen LogP contribution in [0.2, 0.25) is 0 Å². The Labute approximate surface area is 235 Å².